The molecule has 8 nitrogen and oxygen atoms in total. The van der Waals surface area contributed by atoms with E-state index in [0.29, 0.717) is 29.3 Å². The van der Waals surface area contributed by atoms with Crippen LogP contribution in [-0.2, 0) is 15.9 Å². The van der Waals surface area contributed by atoms with Crippen LogP contribution in [0.4, 0.5) is 10.5 Å². The first-order chi connectivity index (χ1) is 18.8. The first-order valence-electron chi connectivity index (χ1n) is 12.6. The Labute approximate surface area is 236 Å². The van der Waals surface area contributed by atoms with Gasteiger partial charge < -0.3 is 29.5 Å². The molecule has 0 unspecified atom stereocenters. The first kappa shape index (κ1) is 29.2. The topological polar surface area (TPSA) is 117 Å². The first-order valence-corrected chi connectivity index (χ1v) is 13.9. The predicted molar refractivity (Wildman–Crippen MR) is 151 cm³/mol. The fourth-order valence-corrected chi connectivity index (χ4v) is 5.64. The van der Waals surface area contributed by atoms with E-state index in [1.807, 2.05) is 49.4 Å². The van der Waals surface area contributed by atoms with E-state index in [1.165, 1.54) is 18.9 Å². The molecule has 3 aromatic rings. The maximum absolute atomic E-state index is 11.7. The number of para-hydroxylation sites is 1. The largest absolute Gasteiger partial charge is 0.494 e. The number of ether oxygens (including phenoxy) is 3. The third kappa shape index (κ3) is 7.25. The van der Waals surface area contributed by atoms with Crippen molar-refractivity contribution < 1.29 is 34.3 Å². The molecule has 1 fully saturated rings. The van der Waals surface area contributed by atoms with Crippen LogP contribution in [0, 0.1) is 0 Å². The van der Waals surface area contributed by atoms with Gasteiger partial charge in [-0.05, 0) is 60.4 Å². The van der Waals surface area contributed by atoms with Gasteiger partial charge in [-0.1, -0.05) is 48.0 Å². The Morgan fingerprint density at radius 3 is 2.49 bits per heavy atom. The normalized spacial score (nSPS) is 22.8. The van der Waals surface area contributed by atoms with E-state index in [1.54, 1.807) is 24.3 Å². The van der Waals surface area contributed by atoms with Gasteiger partial charge in [-0.25, -0.2) is 4.79 Å². The van der Waals surface area contributed by atoms with Crippen LogP contribution in [-0.4, -0.2) is 65.3 Å². The third-order valence-corrected chi connectivity index (χ3v) is 7.98. The van der Waals surface area contributed by atoms with E-state index in [4.69, 9.17) is 21.1 Å². The Balaban J connectivity index is 1.50. The predicted octanol–water partition coefficient (Wildman–Crippen LogP) is 4.82. The van der Waals surface area contributed by atoms with Gasteiger partial charge in [0, 0.05) is 15.7 Å². The summed E-state index contributed by atoms with van der Waals surface area (Å²) in [7, 11) is 1.28. The van der Waals surface area contributed by atoms with Crippen LogP contribution in [0.2, 0.25) is 5.02 Å². The molecule has 5 atom stereocenters. The molecule has 0 radical (unpaired) electrons. The summed E-state index contributed by atoms with van der Waals surface area (Å²) < 4.78 is 16.4. The standard InChI is InChI=1S/C29H32ClNO7S/c1-3-37-20-11-8-17(9-12-20)14-19-15-18(10-13-21(19)30)28-27(34)26(33)25(32)23(38-28)16-39-24-7-5-4-6-22(24)31-29(35)36-2/h4-13,15,23,25-28,32-34H,3,14,16H2,1-2H3,(H,31,35)/t23-,25+,26-,27-,28+/m1/s1. The van der Waals surface area contributed by atoms with E-state index in [9.17, 15) is 20.1 Å². The van der Waals surface area contributed by atoms with Crippen molar-refractivity contribution in [3.05, 3.63) is 88.4 Å². The zero-order chi connectivity index (χ0) is 27.9. The summed E-state index contributed by atoms with van der Waals surface area (Å²) in [5.74, 6) is 1.05. The average molecular weight is 574 g/mol. The molecule has 0 spiro atoms. The summed E-state index contributed by atoms with van der Waals surface area (Å²) in [6.07, 6.45) is -5.78. The van der Waals surface area contributed by atoms with Crippen molar-refractivity contribution in [3.8, 4) is 5.75 Å². The molecule has 4 rings (SSSR count). The van der Waals surface area contributed by atoms with E-state index >= 15 is 0 Å². The lowest BCUT2D eigenvalue weighted by atomic mass is 9.90. The van der Waals surface area contributed by atoms with Gasteiger partial charge in [0.2, 0.25) is 0 Å². The monoisotopic (exact) mass is 573 g/mol. The molecule has 1 aliphatic heterocycles. The number of carbonyl (C=O) groups excluding carboxylic acids is 1. The van der Waals surface area contributed by atoms with Gasteiger partial charge in [-0.3, -0.25) is 5.32 Å². The Bertz CT molecular complexity index is 1260. The Morgan fingerprint density at radius 2 is 1.77 bits per heavy atom. The lowest BCUT2D eigenvalue weighted by Crippen LogP contribution is -2.54. The number of hydrogen-bond donors (Lipinski definition) is 4. The van der Waals surface area contributed by atoms with Crippen LogP contribution >= 0.6 is 23.4 Å². The number of rotatable bonds is 9. The van der Waals surface area contributed by atoms with Crippen LogP contribution in [0.3, 0.4) is 0 Å². The average Bonchev–Trinajstić information content (AvgIpc) is 2.94. The number of hydrogen-bond acceptors (Lipinski definition) is 8. The number of aliphatic hydroxyl groups excluding tert-OH is 3. The number of nitrogens with one attached hydrogen (secondary N) is 1. The summed E-state index contributed by atoms with van der Waals surface area (Å²) >= 11 is 7.85. The molecule has 0 aliphatic carbocycles. The van der Waals surface area contributed by atoms with E-state index in [0.717, 1.165) is 21.8 Å². The highest BCUT2D eigenvalue weighted by Gasteiger charge is 2.44. The minimum Gasteiger partial charge on any atom is -0.494 e. The van der Waals surface area contributed by atoms with Crippen LogP contribution in [0.15, 0.2) is 71.6 Å². The SMILES string of the molecule is CCOc1ccc(Cc2cc([C@@H]3O[C@H](CSc4ccccc4NC(=O)OC)[C@H](O)[C@@H](O)[C@H]3O)ccc2Cl)cc1. The summed E-state index contributed by atoms with van der Waals surface area (Å²) in [6, 6.07) is 20.3. The highest BCUT2D eigenvalue weighted by Crippen LogP contribution is 2.37. The number of carbonyl (C=O) groups is 1. The molecule has 10 heteroatoms. The zero-order valence-corrected chi connectivity index (χ0v) is 23.2. The minimum atomic E-state index is -1.41. The molecule has 39 heavy (non-hydrogen) atoms. The molecule has 1 heterocycles. The van der Waals surface area contributed by atoms with Gasteiger partial charge in [0.15, 0.2) is 0 Å². The zero-order valence-electron chi connectivity index (χ0n) is 21.6. The van der Waals surface area contributed by atoms with Gasteiger partial charge in [0.25, 0.3) is 0 Å². The van der Waals surface area contributed by atoms with Gasteiger partial charge in [-0.2, -0.15) is 0 Å². The summed E-state index contributed by atoms with van der Waals surface area (Å²) in [6.45, 7) is 2.52. The van der Waals surface area contributed by atoms with Crippen molar-refractivity contribution in [1.82, 2.24) is 0 Å². The Morgan fingerprint density at radius 1 is 1.03 bits per heavy atom. The van der Waals surface area contributed by atoms with Gasteiger partial charge >= 0.3 is 6.09 Å². The van der Waals surface area contributed by atoms with E-state index < -0.39 is 36.6 Å². The van der Waals surface area contributed by atoms with Crippen molar-refractivity contribution >= 4 is 35.1 Å². The maximum Gasteiger partial charge on any atom is 0.411 e. The molecule has 1 saturated heterocycles. The third-order valence-electron chi connectivity index (χ3n) is 6.45. The number of aliphatic hydroxyl groups is 3. The number of amides is 1. The van der Waals surface area contributed by atoms with Crippen LogP contribution < -0.4 is 10.1 Å². The quantitative estimate of drug-likeness (QED) is 0.269. The molecule has 3 aromatic carbocycles. The fraction of sp³-hybridized carbons (Fsp3) is 0.345. The minimum absolute atomic E-state index is 0.258. The molecular formula is C29H32ClNO7S. The number of methoxy groups -OCH3 is 1. The second-order valence-electron chi connectivity index (χ2n) is 9.10. The molecule has 1 aliphatic rings. The smallest absolute Gasteiger partial charge is 0.411 e. The highest BCUT2D eigenvalue weighted by atomic mass is 35.5. The highest BCUT2D eigenvalue weighted by molar-refractivity contribution is 7.99. The van der Waals surface area contributed by atoms with Crippen LogP contribution in [0.1, 0.15) is 29.7 Å². The van der Waals surface area contributed by atoms with Crippen molar-refractivity contribution in [2.75, 3.05) is 24.8 Å². The number of halogens is 1. The number of anilines is 1. The van der Waals surface area contributed by atoms with Gasteiger partial charge in [0.05, 0.1) is 25.5 Å². The fourth-order valence-electron chi connectivity index (χ4n) is 4.39. The second kappa shape index (κ2) is 13.5. The van der Waals surface area contributed by atoms with E-state index in [2.05, 4.69) is 10.1 Å². The molecule has 1 amide bonds. The molecular weight excluding hydrogens is 542 g/mol. The summed E-state index contributed by atoms with van der Waals surface area (Å²) in [5.41, 5.74) is 3.06. The molecule has 0 saturated carbocycles. The molecule has 0 aromatic heterocycles. The Kier molecular flexibility index (Phi) is 10.1. The van der Waals surface area contributed by atoms with Crippen molar-refractivity contribution in [1.29, 1.82) is 0 Å². The number of thioether (sulfide) groups is 1. The molecule has 0 bridgehead atoms. The maximum atomic E-state index is 11.7. The summed E-state index contributed by atoms with van der Waals surface area (Å²) in [5, 5.41) is 35.4. The molecule has 4 N–H and O–H groups in total. The van der Waals surface area contributed by atoms with E-state index in [-0.39, 0.29) is 5.75 Å². The lowest BCUT2D eigenvalue weighted by Gasteiger charge is -2.41. The Hall–Kier alpha value is -2.79. The summed E-state index contributed by atoms with van der Waals surface area (Å²) in [4.78, 5) is 12.4. The van der Waals surface area contributed by atoms with Gasteiger partial charge in [0.1, 0.15) is 30.2 Å². The van der Waals surface area contributed by atoms with Crippen molar-refractivity contribution in [2.45, 2.75) is 48.8 Å². The van der Waals surface area contributed by atoms with Crippen LogP contribution in [0.5, 0.6) is 5.75 Å². The van der Waals surface area contributed by atoms with Crippen molar-refractivity contribution in [2.24, 2.45) is 0 Å². The lowest BCUT2D eigenvalue weighted by molar-refractivity contribution is -0.218. The van der Waals surface area contributed by atoms with Crippen molar-refractivity contribution in [3.63, 3.8) is 0 Å². The van der Waals surface area contributed by atoms with Gasteiger partial charge in [-0.15, -0.1) is 11.8 Å². The second-order valence-corrected chi connectivity index (χ2v) is 10.6. The van der Waals surface area contributed by atoms with Crippen LogP contribution in [0.25, 0.3) is 0 Å². The number of benzene rings is 3. The molecule has 208 valence electrons.